The molecule has 6 nitrogen and oxygen atoms in total. The predicted octanol–water partition coefficient (Wildman–Crippen LogP) is 5.45. The number of benzene rings is 1. The Morgan fingerprint density at radius 2 is 1.91 bits per heavy atom. The lowest BCUT2D eigenvalue weighted by Gasteiger charge is -2.38. The van der Waals surface area contributed by atoms with Gasteiger partial charge in [0.05, 0.1) is 24.5 Å². The third kappa shape index (κ3) is 5.06. The van der Waals surface area contributed by atoms with Crippen LogP contribution in [0.3, 0.4) is 0 Å². The molecule has 1 aromatic carbocycles. The van der Waals surface area contributed by atoms with Crippen molar-refractivity contribution in [2.24, 2.45) is 0 Å². The highest BCUT2D eigenvalue weighted by molar-refractivity contribution is 6.74. The summed E-state index contributed by atoms with van der Waals surface area (Å²) < 4.78 is 6.44. The molecule has 0 radical (unpaired) electrons. The van der Waals surface area contributed by atoms with Crippen LogP contribution in [0, 0.1) is 0 Å². The summed E-state index contributed by atoms with van der Waals surface area (Å²) in [5, 5.41) is 0.773. The Morgan fingerprint density at radius 1 is 1.15 bits per heavy atom. The fourth-order valence-electron chi connectivity index (χ4n) is 4.31. The van der Waals surface area contributed by atoms with Crippen LogP contribution >= 0.6 is 11.6 Å². The molecule has 34 heavy (non-hydrogen) atoms. The molecule has 0 unspecified atom stereocenters. The highest BCUT2D eigenvalue weighted by Crippen LogP contribution is 2.37. The number of nitrogens with zero attached hydrogens (tertiary/aromatic N) is 3. The van der Waals surface area contributed by atoms with Crippen molar-refractivity contribution in [2.45, 2.75) is 70.8 Å². The van der Waals surface area contributed by atoms with Crippen LogP contribution in [0.15, 0.2) is 36.7 Å². The van der Waals surface area contributed by atoms with Crippen LogP contribution in [-0.2, 0) is 22.2 Å². The fraction of sp³-hybridized carbons (Fsp3) is 0.500. The molecule has 1 atom stereocenters. The van der Waals surface area contributed by atoms with Crippen molar-refractivity contribution >= 4 is 37.4 Å². The minimum absolute atomic E-state index is 0.0465. The molecule has 0 aliphatic carbocycles. The molecule has 0 spiro atoms. The molecule has 4 rings (SSSR count). The van der Waals surface area contributed by atoms with E-state index in [0.29, 0.717) is 36.7 Å². The van der Waals surface area contributed by atoms with Crippen molar-refractivity contribution in [2.75, 3.05) is 18.1 Å². The maximum Gasteiger partial charge on any atom is 0.258 e. The van der Waals surface area contributed by atoms with E-state index in [4.69, 9.17) is 16.0 Å². The number of carbonyl (C=O) groups is 2. The van der Waals surface area contributed by atoms with E-state index in [-0.39, 0.29) is 22.9 Å². The van der Waals surface area contributed by atoms with Gasteiger partial charge in [0.25, 0.3) is 5.91 Å². The molecule has 0 bridgehead atoms. The smallest absolute Gasteiger partial charge is 0.258 e. The van der Waals surface area contributed by atoms with E-state index in [1.807, 2.05) is 17.0 Å². The first-order valence-corrected chi connectivity index (χ1v) is 15.2. The highest BCUT2D eigenvalue weighted by Gasteiger charge is 2.39. The summed E-state index contributed by atoms with van der Waals surface area (Å²) in [7, 11) is -1.89. The number of rotatable bonds is 6. The van der Waals surface area contributed by atoms with E-state index in [2.05, 4.69) is 38.8 Å². The minimum Gasteiger partial charge on any atom is -0.415 e. The van der Waals surface area contributed by atoms with Crippen molar-refractivity contribution in [3.05, 3.63) is 58.4 Å². The van der Waals surface area contributed by atoms with Gasteiger partial charge in [-0.2, -0.15) is 0 Å². The normalized spacial score (nSPS) is 19.1. The number of likely N-dealkylation sites (tertiary alicyclic amines) is 1. The lowest BCUT2D eigenvalue weighted by molar-refractivity contribution is -0.130. The number of pyridine rings is 1. The summed E-state index contributed by atoms with van der Waals surface area (Å²) in [6.45, 7) is 12.8. The molecule has 1 saturated heterocycles. The summed E-state index contributed by atoms with van der Waals surface area (Å²) in [6.07, 6.45) is 5.59. The number of amides is 2. The summed E-state index contributed by atoms with van der Waals surface area (Å²) in [5.41, 5.74) is 3.33. The molecular formula is C26H34ClN3O3Si. The molecule has 1 aromatic heterocycles. The van der Waals surface area contributed by atoms with Crippen molar-refractivity contribution in [3.8, 4) is 0 Å². The monoisotopic (exact) mass is 499 g/mol. The Labute approximate surface area is 208 Å². The van der Waals surface area contributed by atoms with Gasteiger partial charge in [-0.3, -0.25) is 14.6 Å². The summed E-state index contributed by atoms with van der Waals surface area (Å²) >= 11 is 6.10. The molecule has 0 N–H and O–H groups in total. The molecular weight excluding hydrogens is 466 g/mol. The zero-order valence-electron chi connectivity index (χ0n) is 20.7. The maximum atomic E-state index is 13.1. The average molecular weight is 500 g/mol. The predicted molar refractivity (Wildman–Crippen MR) is 138 cm³/mol. The molecule has 2 aliphatic heterocycles. The van der Waals surface area contributed by atoms with Crippen LogP contribution in [0.4, 0.5) is 5.69 Å². The Hall–Kier alpha value is -2.22. The molecule has 2 amide bonds. The molecule has 1 fully saturated rings. The Balaban J connectivity index is 1.48. The Bertz CT molecular complexity index is 1100. The van der Waals surface area contributed by atoms with Gasteiger partial charge in [-0.15, -0.1) is 0 Å². The van der Waals surface area contributed by atoms with Gasteiger partial charge in [0, 0.05) is 36.3 Å². The van der Waals surface area contributed by atoms with Gasteiger partial charge < -0.3 is 14.2 Å². The van der Waals surface area contributed by atoms with Crippen molar-refractivity contribution in [1.82, 2.24) is 9.88 Å². The van der Waals surface area contributed by atoms with Crippen molar-refractivity contribution in [3.63, 3.8) is 0 Å². The van der Waals surface area contributed by atoms with Crippen LogP contribution in [0.5, 0.6) is 0 Å². The molecule has 0 saturated carbocycles. The number of hydrogen-bond acceptors (Lipinski definition) is 4. The van der Waals surface area contributed by atoms with Crippen LogP contribution in [0.25, 0.3) is 0 Å². The van der Waals surface area contributed by atoms with Crippen LogP contribution in [0.1, 0.15) is 55.1 Å². The largest absolute Gasteiger partial charge is 0.415 e. The summed E-state index contributed by atoms with van der Waals surface area (Å²) in [5.74, 6) is 0.101. The summed E-state index contributed by atoms with van der Waals surface area (Å²) in [4.78, 5) is 33.9. The van der Waals surface area contributed by atoms with Gasteiger partial charge in [0.2, 0.25) is 5.91 Å². The number of fused-ring (bicyclic) bond motifs is 1. The lowest BCUT2D eigenvalue weighted by atomic mass is 9.98. The molecule has 2 aliphatic rings. The first-order valence-electron chi connectivity index (χ1n) is 11.9. The van der Waals surface area contributed by atoms with E-state index in [9.17, 15) is 9.59 Å². The topological polar surface area (TPSA) is 62.7 Å². The van der Waals surface area contributed by atoms with E-state index in [1.54, 1.807) is 29.4 Å². The van der Waals surface area contributed by atoms with Crippen LogP contribution in [-0.4, -0.2) is 49.2 Å². The van der Waals surface area contributed by atoms with Crippen LogP contribution < -0.4 is 4.90 Å². The van der Waals surface area contributed by atoms with Gasteiger partial charge in [-0.25, -0.2) is 0 Å². The first kappa shape index (κ1) is 24.9. The second-order valence-electron chi connectivity index (χ2n) is 10.8. The van der Waals surface area contributed by atoms with Gasteiger partial charge in [0.15, 0.2) is 8.32 Å². The van der Waals surface area contributed by atoms with Crippen molar-refractivity contribution in [1.29, 1.82) is 0 Å². The third-order valence-electron chi connectivity index (χ3n) is 7.49. The van der Waals surface area contributed by atoms with E-state index < -0.39 is 8.32 Å². The van der Waals surface area contributed by atoms with E-state index in [0.717, 1.165) is 29.7 Å². The average Bonchev–Trinajstić information content (AvgIpc) is 3.11. The third-order valence-corrected chi connectivity index (χ3v) is 12.2. The van der Waals surface area contributed by atoms with Gasteiger partial charge in [-0.1, -0.05) is 32.4 Å². The number of anilines is 1. The standard InChI is InChI=1S/C26H34ClN3O3Si/c1-26(2,3)34(4,5)33-17-21-7-9-24(31)30(21)16-18-12-22(15-28-14-18)29-11-10-19-13-20(27)6-8-23(19)25(29)32/h6,8,12-15,21H,7,9-11,16-17H2,1-5H3/t21-/m0/s1. The first-order chi connectivity index (χ1) is 16.0. The SMILES string of the molecule is CC(C)(C)[Si](C)(C)OC[C@@H]1CCC(=O)N1Cc1cncc(N2CCc3cc(Cl)ccc3C2=O)c1. The second-order valence-corrected chi connectivity index (χ2v) is 16.1. The highest BCUT2D eigenvalue weighted by atomic mass is 35.5. The van der Waals surface area contributed by atoms with Crippen LogP contribution in [0.2, 0.25) is 23.2 Å². The van der Waals surface area contributed by atoms with E-state index in [1.165, 1.54) is 0 Å². The second kappa shape index (κ2) is 9.44. The molecule has 182 valence electrons. The number of carbonyl (C=O) groups excluding carboxylic acids is 2. The zero-order chi connectivity index (χ0) is 24.7. The van der Waals surface area contributed by atoms with E-state index >= 15 is 0 Å². The summed E-state index contributed by atoms with van der Waals surface area (Å²) in [6, 6.07) is 7.45. The number of aromatic nitrogens is 1. The minimum atomic E-state index is -1.89. The van der Waals surface area contributed by atoms with Gasteiger partial charge in [0.1, 0.15) is 0 Å². The molecule has 3 heterocycles. The van der Waals surface area contributed by atoms with Crippen molar-refractivity contribution < 1.29 is 14.0 Å². The Kier molecular flexibility index (Phi) is 6.91. The fourth-order valence-corrected chi connectivity index (χ4v) is 5.55. The zero-order valence-corrected chi connectivity index (χ0v) is 22.5. The lowest BCUT2D eigenvalue weighted by Crippen LogP contribution is -2.45. The maximum absolute atomic E-state index is 13.1. The number of halogens is 1. The number of hydrogen-bond donors (Lipinski definition) is 0. The molecule has 8 heteroatoms. The van der Waals surface area contributed by atoms with Gasteiger partial charge >= 0.3 is 0 Å². The Morgan fingerprint density at radius 3 is 2.65 bits per heavy atom. The molecule has 2 aromatic rings. The van der Waals surface area contributed by atoms with Gasteiger partial charge in [-0.05, 0) is 66.4 Å². The quantitative estimate of drug-likeness (QED) is 0.496.